The number of fused-ring (bicyclic) bond motifs is 4. The summed E-state index contributed by atoms with van der Waals surface area (Å²) in [6, 6.07) is 22.9. The molecule has 4 aromatic rings. The van der Waals surface area contributed by atoms with Gasteiger partial charge in [-0.25, -0.2) is 4.98 Å². The molecule has 2 heterocycles. The number of nitrogens with zero attached hydrogens (tertiary/aromatic N) is 3. The largest absolute Gasteiger partial charge is 0.438 e. The van der Waals surface area contributed by atoms with Gasteiger partial charge in [0.2, 0.25) is 5.88 Å². The van der Waals surface area contributed by atoms with Gasteiger partial charge >= 0.3 is 0 Å². The minimum atomic E-state index is -0.0960. The first-order valence-electron chi connectivity index (χ1n) is 10.2. The highest BCUT2D eigenvalue weighted by Crippen LogP contribution is 2.47. The Labute approximate surface area is 175 Å². The van der Waals surface area contributed by atoms with E-state index in [4.69, 9.17) is 10.1 Å². The van der Waals surface area contributed by atoms with Gasteiger partial charge < -0.3 is 14.2 Å². The Bertz CT molecular complexity index is 1280. The second-order valence-corrected chi connectivity index (χ2v) is 7.96. The van der Waals surface area contributed by atoms with E-state index in [2.05, 4.69) is 46.3 Å². The van der Waals surface area contributed by atoms with Gasteiger partial charge in [-0.15, -0.1) is 0 Å². The first kappa shape index (κ1) is 18.6. The summed E-state index contributed by atoms with van der Waals surface area (Å²) < 4.78 is 8.26. The van der Waals surface area contributed by atoms with Crippen LogP contribution in [0.4, 0.5) is 0 Å². The van der Waals surface area contributed by atoms with Crippen molar-refractivity contribution in [1.82, 2.24) is 14.5 Å². The highest BCUT2D eigenvalue weighted by Gasteiger charge is 2.32. The van der Waals surface area contributed by atoms with E-state index in [1.165, 1.54) is 0 Å². The third-order valence-electron chi connectivity index (χ3n) is 5.72. The van der Waals surface area contributed by atoms with Crippen LogP contribution in [0.2, 0.25) is 0 Å². The number of hydrogen-bond acceptors (Lipinski definition) is 4. The van der Waals surface area contributed by atoms with Crippen LogP contribution in [-0.2, 0) is 6.54 Å². The topological polar surface area (TPSA) is 54.1 Å². The maximum absolute atomic E-state index is 8.98. The van der Waals surface area contributed by atoms with Crippen molar-refractivity contribution in [3.63, 3.8) is 0 Å². The Morgan fingerprint density at radius 3 is 2.57 bits per heavy atom. The standard InChI is InChI=1S/C25H24N4O/c1-28(2)14-15-29-16-27-25-22(24(29)26)21(18-9-4-3-5-10-18)20-13-12-17-8-6-7-11-19(17)23(20)30-25/h3-13,16,21,26H,14-15H2,1-2H3/t21-/m1/s1. The Kier molecular flexibility index (Phi) is 4.60. The van der Waals surface area contributed by atoms with Gasteiger partial charge in [0.05, 0.1) is 5.56 Å². The van der Waals surface area contributed by atoms with E-state index in [1.807, 2.05) is 49.0 Å². The number of hydrogen-bond donors (Lipinski definition) is 1. The van der Waals surface area contributed by atoms with Crippen molar-refractivity contribution in [2.75, 3.05) is 20.6 Å². The van der Waals surface area contributed by atoms with Gasteiger partial charge in [-0.05, 0) is 25.0 Å². The number of ether oxygens (including phenoxy) is 1. The maximum atomic E-state index is 8.98. The van der Waals surface area contributed by atoms with Gasteiger partial charge in [-0.3, -0.25) is 5.41 Å². The average Bonchev–Trinajstić information content (AvgIpc) is 2.77. The molecule has 5 rings (SSSR count). The van der Waals surface area contributed by atoms with Crippen LogP contribution < -0.4 is 10.2 Å². The number of nitrogens with one attached hydrogen (secondary N) is 1. The van der Waals surface area contributed by atoms with Crippen molar-refractivity contribution in [3.05, 3.63) is 95.2 Å². The summed E-state index contributed by atoms with van der Waals surface area (Å²) in [6.45, 7) is 1.55. The van der Waals surface area contributed by atoms with Crippen LogP contribution in [0.5, 0.6) is 11.6 Å². The van der Waals surface area contributed by atoms with Gasteiger partial charge in [-0.1, -0.05) is 66.7 Å². The monoisotopic (exact) mass is 396 g/mol. The summed E-state index contributed by atoms with van der Waals surface area (Å²) in [5, 5.41) is 11.2. The third kappa shape index (κ3) is 3.08. The number of likely N-dealkylation sites (N-methyl/N-ethyl adjacent to an activating group) is 1. The van der Waals surface area contributed by atoms with Crippen LogP contribution >= 0.6 is 0 Å². The second kappa shape index (κ2) is 7.43. The van der Waals surface area contributed by atoms with Gasteiger partial charge in [0.25, 0.3) is 0 Å². The van der Waals surface area contributed by atoms with E-state index < -0.39 is 0 Å². The van der Waals surface area contributed by atoms with Gasteiger partial charge in [-0.2, -0.15) is 0 Å². The fraction of sp³-hybridized carbons (Fsp3) is 0.200. The lowest BCUT2D eigenvalue weighted by atomic mass is 9.83. The minimum absolute atomic E-state index is 0.0960. The Morgan fingerprint density at radius 1 is 1.00 bits per heavy atom. The molecular formula is C25H24N4O. The summed E-state index contributed by atoms with van der Waals surface area (Å²) in [5.41, 5.74) is 3.49. The highest BCUT2D eigenvalue weighted by atomic mass is 16.5. The van der Waals surface area contributed by atoms with E-state index >= 15 is 0 Å². The van der Waals surface area contributed by atoms with Crippen LogP contribution in [-0.4, -0.2) is 35.1 Å². The lowest BCUT2D eigenvalue weighted by Gasteiger charge is -2.29. The third-order valence-corrected chi connectivity index (χ3v) is 5.72. The molecule has 1 atom stereocenters. The molecule has 1 N–H and O–H groups in total. The molecule has 1 aliphatic heterocycles. The summed E-state index contributed by atoms with van der Waals surface area (Å²) in [6.07, 6.45) is 1.73. The van der Waals surface area contributed by atoms with Gasteiger partial charge in [0.15, 0.2) is 0 Å². The van der Waals surface area contributed by atoms with E-state index in [9.17, 15) is 0 Å². The zero-order valence-corrected chi connectivity index (χ0v) is 17.2. The predicted molar refractivity (Wildman–Crippen MR) is 118 cm³/mol. The molecular weight excluding hydrogens is 372 g/mol. The smallest absolute Gasteiger partial charge is 0.228 e. The molecule has 1 aromatic heterocycles. The van der Waals surface area contributed by atoms with Crippen LogP contribution in [0.3, 0.4) is 0 Å². The Morgan fingerprint density at radius 2 is 1.77 bits per heavy atom. The molecule has 5 heteroatoms. The van der Waals surface area contributed by atoms with E-state index in [-0.39, 0.29) is 5.92 Å². The Balaban J connectivity index is 1.75. The molecule has 0 radical (unpaired) electrons. The molecule has 150 valence electrons. The summed E-state index contributed by atoms with van der Waals surface area (Å²) in [4.78, 5) is 6.75. The quantitative estimate of drug-likeness (QED) is 0.491. The van der Waals surface area contributed by atoms with Crippen LogP contribution in [0.15, 0.2) is 73.1 Å². The van der Waals surface area contributed by atoms with Crippen molar-refractivity contribution in [2.24, 2.45) is 0 Å². The molecule has 1 aliphatic rings. The highest BCUT2D eigenvalue weighted by molar-refractivity contribution is 5.91. The summed E-state index contributed by atoms with van der Waals surface area (Å²) in [7, 11) is 4.07. The fourth-order valence-corrected chi connectivity index (χ4v) is 4.17. The van der Waals surface area contributed by atoms with Crippen molar-refractivity contribution < 1.29 is 4.74 Å². The second-order valence-electron chi connectivity index (χ2n) is 7.96. The summed E-state index contributed by atoms with van der Waals surface area (Å²) >= 11 is 0. The molecule has 0 aliphatic carbocycles. The maximum Gasteiger partial charge on any atom is 0.228 e. The molecule has 0 saturated heterocycles. The first-order valence-corrected chi connectivity index (χ1v) is 10.2. The molecule has 0 amide bonds. The Hall–Kier alpha value is -3.44. The van der Waals surface area contributed by atoms with E-state index in [0.717, 1.165) is 39.8 Å². The van der Waals surface area contributed by atoms with Crippen LogP contribution in [0.1, 0.15) is 22.6 Å². The van der Waals surface area contributed by atoms with Crippen molar-refractivity contribution in [3.8, 4) is 11.6 Å². The van der Waals surface area contributed by atoms with Crippen LogP contribution in [0, 0.1) is 5.41 Å². The van der Waals surface area contributed by atoms with Gasteiger partial charge in [0.1, 0.15) is 17.6 Å². The molecule has 0 saturated carbocycles. The minimum Gasteiger partial charge on any atom is -0.438 e. The van der Waals surface area contributed by atoms with E-state index in [1.54, 1.807) is 6.33 Å². The first-order chi connectivity index (χ1) is 14.6. The lowest BCUT2D eigenvalue weighted by Crippen LogP contribution is -2.32. The van der Waals surface area contributed by atoms with E-state index in [0.29, 0.717) is 17.9 Å². The average molecular weight is 396 g/mol. The SMILES string of the molecule is CN(C)CCn1cnc2c(c1=N)[C@H](c1ccccc1)c1ccc3ccccc3c1O2. The molecule has 5 nitrogen and oxygen atoms in total. The zero-order chi connectivity index (χ0) is 20.7. The molecule has 0 unspecified atom stereocenters. The van der Waals surface area contributed by atoms with Crippen LogP contribution in [0.25, 0.3) is 10.8 Å². The summed E-state index contributed by atoms with van der Waals surface area (Å²) in [5.74, 6) is 1.27. The van der Waals surface area contributed by atoms with Crippen molar-refractivity contribution in [1.29, 1.82) is 5.41 Å². The van der Waals surface area contributed by atoms with Crippen molar-refractivity contribution >= 4 is 10.8 Å². The fourth-order valence-electron chi connectivity index (χ4n) is 4.17. The lowest BCUT2D eigenvalue weighted by molar-refractivity contribution is 0.371. The molecule has 0 fully saturated rings. The predicted octanol–water partition coefficient (Wildman–Crippen LogP) is 4.36. The number of rotatable bonds is 4. The molecule has 0 spiro atoms. The van der Waals surface area contributed by atoms with Gasteiger partial charge in [0, 0.05) is 30.0 Å². The normalized spacial score (nSPS) is 15.0. The molecule has 3 aromatic carbocycles. The number of aromatic nitrogens is 2. The number of benzene rings is 3. The molecule has 0 bridgehead atoms. The van der Waals surface area contributed by atoms with Crippen molar-refractivity contribution in [2.45, 2.75) is 12.5 Å². The molecule has 30 heavy (non-hydrogen) atoms. The zero-order valence-electron chi connectivity index (χ0n) is 17.2.